The van der Waals surface area contributed by atoms with E-state index in [0.717, 1.165) is 107 Å². The van der Waals surface area contributed by atoms with Crippen LogP contribution in [0.2, 0.25) is 0 Å². The minimum atomic E-state index is -0.624. The Morgan fingerprint density at radius 3 is 0.959 bits per heavy atom. The lowest BCUT2D eigenvalue weighted by Crippen LogP contribution is -2.26. The average Bonchev–Trinajstić information content (AvgIpc) is 1.50. The van der Waals surface area contributed by atoms with Crippen molar-refractivity contribution < 1.29 is 0 Å². The van der Waals surface area contributed by atoms with Crippen molar-refractivity contribution in [1.82, 2.24) is 13.7 Å². The Hall–Kier alpha value is -16.0. The number of hydrogen-bond donors (Lipinski definition) is 0. The van der Waals surface area contributed by atoms with E-state index in [-0.39, 0.29) is 0 Å². The quantitative estimate of drug-likeness (QED) is 0.102. The summed E-state index contributed by atoms with van der Waals surface area (Å²) >= 11 is 0. The average molecular weight is 1540 g/mol. The first kappa shape index (κ1) is 69.3. The first-order valence-corrected chi connectivity index (χ1v) is 41.7. The van der Waals surface area contributed by atoms with Crippen LogP contribution in [0, 0.1) is 0 Å². The number of benzene rings is 19. The second-order valence-corrected chi connectivity index (χ2v) is 31.9. The minimum absolute atomic E-state index is 0.624. The molecule has 0 amide bonds. The van der Waals surface area contributed by atoms with Gasteiger partial charge in [0.05, 0.1) is 38.5 Å². The number of hydrogen-bond acceptors (Lipinski definition) is 3. The summed E-state index contributed by atoms with van der Waals surface area (Å²) in [4.78, 5) is 7.24. The Labute approximate surface area is 701 Å². The molecule has 0 bridgehead atoms. The van der Waals surface area contributed by atoms with Crippen LogP contribution >= 0.6 is 0 Å². The van der Waals surface area contributed by atoms with Gasteiger partial charge in [-0.2, -0.15) is 0 Å². The highest BCUT2D eigenvalue weighted by Gasteiger charge is 2.52. The molecule has 19 aromatic carbocycles. The van der Waals surface area contributed by atoms with Crippen LogP contribution in [0.5, 0.6) is 0 Å². The number of para-hydroxylation sites is 7. The molecule has 0 N–H and O–H groups in total. The van der Waals surface area contributed by atoms with Gasteiger partial charge in [-0.3, -0.25) is 0 Å². The molecule has 0 fully saturated rings. The minimum Gasteiger partial charge on any atom is -0.310 e. The van der Waals surface area contributed by atoms with E-state index in [2.05, 4.69) is 489 Å². The number of fused-ring (bicyclic) bond motifs is 19. The zero-order chi connectivity index (χ0) is 79.6. The maximum Gasteiger partial charge on any atom is 0.0726 e. The SMILES string of the molecule is c1ccc(-c2ccc(N(c3ccc4c(c3)C3(c5ccccc5-c5ccccc53)c3ccc(-c5ccc6c7cc(N(c8ccccc8)c8ccc(-c9ccc(N(c%10ccccc%10)c%10ccc%11c(c%10)c%10ccccc%10n%11-c%10ccccc%10)cc9)cc8)ccc7n(-c7ccccc7)c6c5)cc3-4)c3ccc4c5ccccc5n(-c5ccccc5)c4c3)cc2)cc1. The fourth-order valence-corrected chi connectivity index (χ4v) is 20.1. The molecule has 1 spiro atoms. The Kier molecular flexibility index (Phi) is 16.1. The molecule has 3 aromatic heterocycles. The van der Waals surface area contributed by atoms with Gasteiger partial charge in [0.25, 0.3) is 0 Å². The maximum absolute atomic E-state index is 2.53. The normalized spacial score (nSPS) is 12.4. The number of aromatic nitrogens is 3. The summed E-state index contributed by atoms with van der Waals surface area (Å²) in [6.07, 6.45) is 0. The Morgan fingerprint density at radius 1 is 0.149 bits per heavy atom. The first-order chi connectivity index (χ1) is 60.0. The molecule has 0 aliphatic heterocycles. The summed E-state index contributed by atoms with van der Waals surface area (Å²) in [5, 5.41) is 7.21. The van der Waals surface area contributed by atoms with E-state index in [1.54, 1.807) is 0 Å². The molecule has 566 valence electrons. The van der Waals surface area contributed by atoms with Crippen molar-refractivity contribution in [1.29, 1.82) is 0 Å². The lowest BCUT2D eigenvalue weighted by molar-refractivity contribution is 0.794. The third-order valence-electron chi connectivity index (χ3n) is 25.4. The van der Waals surface area contributed by atoms with Crippen molar-refractivity contribution >= 4 is 117 Å². The number of anilines is 9. The summed E-state index contributed by atoms with van der Waals surface area (Å²) in [7, 11) is 0. The molecule has 0 atom stereocenters. The summed E-state index contributed by atoms with van der Waals surface area (Å²) in [6.45, 7) is 0. The summed E-state index contributed by atoms with van der Waals surface area (Å²) in [5.41, 5.74) is 36.5. The van der Waals surface area contributed by atoms with E-state index in [4.69, 9.17) is 0 Å². The van der Waals surface area contributed by atoms with E-state index in [9.17, 15) is 0 Å². The topological polar surface area (TPSA) is 24.5 Å². The molecule has 24 rings (SSSR count). The Morgan fingerprint density at radius 2 is 0.446 bits per heavy atom. The second kappa shape index (κ2) is 28.1. The third kappa shape index (κ3) is 11.1. The highest BCUT2D eigenvalue weighted by atomic mass is 15.2. The predicted molar refractivity (Wildman–Crippen MR) is 506 cm³/mol. The summed E-state index contributed by atoms with van der Waals surface area (Å²) < 4.78 is 7.26. The van der Waals surface area contributed by atoms with Gasteiger partial charge >= 0.3 is 0 Å². The highest BCUT2D eigenvalue weighted by molar-refractivity contribution is 6.14. The van der Waals surface area contributed by atoms with Gasteiger partial charge in [0.2, 0.25) is 0 Å². The van der Waals surface area contributed by atoms with E-state index < -0.39 is 5.41 Å². The molecule has 3 heterocycles. The third-order valence-corrected chi connectivity index (χ3v) is 25.4. The largest absolute Gasteiger partial charge is 0.310 e. The fourth-order valence-electron chi connectivity index (χ4n) is 20.1. The van der Waals surface area contributed by atoms with Crippen molar-refractivity contribution in [2.75, 3.05) is 14.7 Å². The molecular formula is C115H76N6. The molecule has 0 saturated heterocycles. The number of nitrogens with zero attached hydrogens (tertiary/aromatic N) is 6. The molecule has 6 heteroatoms. The van der Waals surface area contributed by atoms with Crippen molar-refractivity contribution in [2.45, 2.75) is 5.41 Å². The van der Waals surface area contributed by atoms with Gasteiger partial charge in [0, 0.05) is 101 Å². The standard InChI is InChI=1S/C115H76N6/c1-7-27-77(28-8-1)78-47-59-90(60-48-78)118(94-62-67-100-98-41-21-25-45-109(98)120(114(100)76-94)86-35-15-5-16-36-86)93-61-66-97-102-71-81(54-68-107(102)115(108(97)75-93)105-43-23-19-39-95(105)96-40-20-24-44-106(96)115)82-53-65-101-104-74-92(64-70-112(104)121(113(101)72-82)87-37-17-6-18-38-87)117(84-31-11-3-12-32-84)89-57-51-80(52-58-89)79-49-55-88(56-50-79)116(83-29-9-2-10-30-83)91-63-69-111-103(73-91)99-42-22-26-46-110(99)119(111)85-33-13-4-14-34-85/h1-76H. The molecule has 6 nitrogen and oxygen atoms in total. The van der Waals surface area contributed by atoms with Crippen molar-refractivity contribution in [3.05, 3.63) is 483 Å². The van der Waals surface area contributed by atoms with Crippen LogP contribution in [-0.2, 0) is 5.41 Å². The lowest BCUT2D eigenvalue weighted by Gasteiger charge is -2.32. The lowest BCUT2D eigenvalue weighted by atomic mass is 9.70. The summed E-state index contributed by atoms with van der Waals surface area (Å²) in [6, 6.07) is 170. The Balaban J connectivity index is 0.606. The van der Waals surface area contributed by atoms with Crippen molar-refractivity contribution in [2.24, 2.45) is 0 Å². The van der Waals surface area contributed by atoms with Crippen LogP contribution in [0.3, 0.4) is 0 Å². The van der Waals surface area contributed by atoms with E-state index in [1.165, 1.54) is 105 Å². The molecule has 0 radical (unpaired) electrons. The van der Waals surface area contributed by atoms with Crippen molar-refractivity contribution in [3.8, 4) is 72.7 Å². The van der Waals surface area contributed by atoms with E-state index in [1.807, 2.05) is 0 Å². The molecule has 2 aliphatic carbocycles. The molecule has 2 aliphatic rings. The maximum atomic E-state index is 2.53. The molecule has 0 saturated carbocycles. The van der Waals surface area contributed by atoms with Crippen LogP contribution in [0.15, 0.2) is 461 Å². The zero-order valence-electron chi connectivity index (χ0n) is 66.1. The molecule has 121 heavy (non-hydrogen) atoms. The molecule has 22 aromatic rings. The second-order valence-electron chi connectivity index (χ2n) is 31.9. The summed E-state index contributed by atoms with van der Waals surface area (Å²) in [5.74, 6) is 0. The van der Waals surface area contributed by atoms with Gasteiger partial charge in [0.15, 0.2) is 0 Å². The molecular weight excluding hydrogens is 1470 g/mol. The van der Waals surface area contributed by atoms with Gasteiger partial charge in [-0.25, -0.2) is 0 Å². The zero-order valence-corrected chi connectivity index (χ0v) is 66.1. The van der Waals surface area contributed by atoms with Crippen LogP contribution < -0.4 is 14.7 Å². The first-order valence-electron chi connectivity index (χ1n) is 41.7. The van der Waals surface area contributed by atoms with Gasteiger partial charge in [-0.05, 0) is 260 Å². The molecule has 0 unspecified atom stereocenters. The van der Waals surface area contributed by atoms with Crippen molar-refractivity contribution in [3.63, 3.8) is 0 Å². The van der Waals surface area contributed by atoms with Crippen LogP contribution in [0.4, 0.5) is 51.2 Å². The predicted octanol–water partition coefficient (Wildman–Crippen LogP) is 30.7. The van der Waals surface area contributed by atoms with Crippen LogP contribution in [-0.4, -0.2) is 13.7 Å². The van der Waals surface area contributed by atoms with Gasteiger partial charge in [0.1, 0.15) is 0 Å². The van der Waals surface area contributed by atoms with Crippen LogP contribution in [0.25, 0.3) is 138 Å². The van der Waals surface area contributed by atoms with Gasteiger partial charge < -0.3 is 28.4 Å². The highest BCUT2D eigenvalue weighted by Crippen LogP contribution is 2.64. The van der Waals surface area contributed by atoms with Gasteiger partial charge in [-0.15, -0.1) is 0 Å². The van der Waals surface area contributed by atoms with E-state index in [0.29, 0.717) is 0 Å². The van der Waals surface area contributed by atoms with Crippen LogP contribution in [0.1, 0.15) is 22.3 Å². The Bertz CT molecular complexity index is 7740. The fraction of sp³-hybridized carbons (Fsp3) is 0.00870. The number of rotatable bonds is 15. The van der Waals surface area contributed by atoms with Gasteiger partial charge in [-0.1, -0.05) is 279 Å². The monoisotopic (exact) mass is 1540 g/mol. The van der Waals surface area contributed by atoms with E-state index >= 15 is 0 Å². The smallest absolute Gasteiger partial charge is 0.0726 e.